The first-order chi connectivity index (χ1) is 6.70. The van der Waals surface area contributed by atoms with Gasteiger partial charge in [0.15, 0.2) is 6.10 Å². The molecule has 0 radical (unpaired) electrons. The van der Waals surface area contributed by atoms with Gasteiger partial charge in [0.05, 0.1) is 6.07 Å². The van der Waals surface area contributed by atoms with Gasteiger partial charge < -0.3 is 4.74 Å². The molecule has 0 spiro atoms. The third-order valence-corrected chi connectivity index (χ3v) is 2.86. The van der Waals surface area contributed by atoms with E-state index in [1.54, 1.807) is 0 Å². The minimum atomic E-state index is -0.360. The molecule has 0 saturated carbocycles. The fourth-order valence-corrected chi connectivity index (χ4v) is 1.65. The Balaban J connectivity index is 2.23. The Bertz CT molecular complexity index is 376. The highest BCUT2D eigenvalue weighted by molar-refractivity contribution is 5.34. The number of ether oxygens (including phenoxy) is 1. The number of nitrogens with zero attached hydrogens (tertiary/aromatic N) is 1. The van der Waals surface area contributed by atoms with E-state index < -0.39 is 0 Å². The summed E-state index contributed by atoms with van der Waals surface area (Å²) >= 11 is 0. The molecule has 2 atom stereocenters. The summed E-state index contributed by atoms with van der Waals surface area (Å²) in [5, 5.41) is 8.73. The van der Waals surface area contributed by atoms with Crippen molar-refractivity contribution >= 4 is 0 Å². The molecule has 2 heteroatoms. The van der Waals surface area contributed by atoms with Crippen molar-refractivity contribution in [1.29, 1.82) is 5.26 Å². The highest BCUT2D eigenvalue weighted by Gasteiger charge is 2.54. The Hall–Kier alpha value is -1.33. The fraction of sp³-hybridized carbons (Fsp3) is 0.417. The molecule has 1 aromatic rings. The van der Waals surface area contributed by atoms with Crippen LogP contribution in [0, 0.1) is 11.3 Å². The first kappa shape index (κ1) is 9.23. The van der Waals surface area contributed by atoms with Crippen molar-refractivity contribution in [3.05, 3.63) is 35.4 Å². The molecule has 0 aromatic heterocycles. The maximum Gasteiger partial charge on any atom is 0.178 e. The van der Waals surface area contributed by atoms with Crippen LogP contribution in [0.3, 0.4) is 0 Å². The number of aryl methyl sites for hydroxylation is 1. The summed E-state index contributed by atoms with van der Waals surface area (Å²) in [6.07, 6.45) is 0.773. The zero-order valence-corrected chi connectivity index (χ0v) is 8.45. The van der Waals surface area contributed by atoms with Crippen LogP contribution in [0.1, 0.15) is 25.0 Å². The summed E-state index contributed by atoms with van der Waals surface area (Å²) in [6, 6.07) is 10.4. The second kappa shape index (κ2) is 3.11. The molecule has 2 rings (SSSR count). The predicted octanol–water partition coefficient (Wildman–Crippen LogP) is 2.39. The average molecular weight is 187 g/mol. The predicted molar refractivity (Wildman–Crippen MR) is 53.7 cm³/mol. The van der Waals surface area contributed by atoms with Crippen molar-refractivity contribution < 1.29 is 4.74 Å². The third kappa shape index (κ3) is 1.30. The second-order valence-corrected chi connectivity index (χ2v) is 3.78. The van der Waals surface area contributed by atoms with Crippen molar-refractivity contribution in [3.63, 3.8) is 0 Å². The molecule has 1 aromatic carbocycles. The third-order valence-electron chi connectivity index (χ3n) is 2.86. The van der Waals surface area contributed by atoms with Crippen molar-refractivity contribution in [3.8, 4) is 6.07 Å². The molecular weight excluding hydrogens is 174 g/mol. The first-order valence-corrected chi connectivity index (χ1v) is 4.87. The number of nitriles is 1. The van der Waals surface area contributed by atoms with Crippen LogP contribution >= 0.6 is 0 Å². The zero-order chi connectivity index (χ0) is 10.2. The maximum atomic E-state index is 8.73. The lowest BCUT2D eigenvalue weighted by molar-refractivity contribution is 0.321. The number of hydrogen-bond acceptors (Lipinski definition) is 2. The van der Waals surface area contributed by atoms with Gasteiger partial charge in [0.2, 0.25) is 0 Å². The summed E-state index contributed by atoms with van der Waals surface area (Å²) in [7, 11) is 0. The van der Waals surface area contributed by atoms with Gasteiger partial charge >= 0.3 is 0 Å². The van der Waals surface area contributed by atoms with Gasteiger partial charge in [-0.05, 0) is 24.5 Å². The van der Waals surface area contributed by atoms with E-state index in [9.17, 15) is 0 Å². The number of benzene rings is 1. The largest absolute Gasteiger partial charge is 0.345 e. The molecule has 14 heavy (non-hydrogen) atoms. The molecule has 1 aliphatic heterocycles. The minimum Gasteiger partial charge on any atom is -0.345 e. The van der Waals surface area contributed by atoms with Crippen LogP contribution in [0.2, 0.25) is 0 Å². The number of rotatable bonds is 2. The van der Waals surface area contributed by atoms with Crippen LogP contribution in [-0.2, 0) is 16.8 Å². The Morgan fingerprint density at radius 3 is 2.50 bits per heavy atom. The van der Waals surface area contributed by atoms with Crippen molar-refractivity contribution in [2.75, 3.05) is 0 Å². The molecular formula is C12H13NO. The van der Waals surface area contributed by atoms with Crippen molar-refractivity contribution in [2.45, 2.75) is 32.0 Å². The molecule has 0 N–H and O–H groups in total. The van der Waals surface area contributed by atoms with Gasteiger partial charge in [-0.25, -0.2) is 0 Å². The molecule has 0 bridgehead atoms. The van der Waals surface area contributed by atoms with E-state index in [4.69, 9.17) is 10.00 Å². The van der Waals surface area contributed by atoms with Gasteiger partial charge in [0.1, 0.15) is 5.60 Å². The van der Waals surface area contributed by atoms with Gasteiger partial charge in [-0.15, -0.1) is 0 Å². The van der Waals surface area contributed by atoms with E-state index >= 15 is 0 Å². The lowest BCUT2D eigenvalue weighted by Crippen LogP contribution is -2.06. The number of hydrogen-bond donors (Lipinski definition) is 0. The SMILES string of the molecule is CCc1ccc(C2(C)OC2C#N)cc1. The highest BCUT2D eigenvalue weighted by Crippen LogP contribution is 2.45. The standard InChI is InChI=1S/C12H13NO/c1-3-9-4-6-10(7-5-9)12(2)11(8-13)14-12/h4-7,11H,3H2,1-2H3. The van der Waals surface area contributed by atoms with Crippen LogP contribution in [0.25, 0.3) is 0 Å². The van der Waals surface area contributed by atoms with Crippen LogP contribution in [-0.4, -0.2) is 6.10 Å². The summed E-state index contributed by atoms with van der Waals surface area (Å²) in [6.45, 7) is 4.09. The van der Waals surface area contributed by atoms with Crippen molar-refractivity contribution in [1.82, 2.24) is 0 Å². The van der Waals surface area contributed by atoms with Crippen LogP contribution in [0.15, 0.2) is 24.3 Å². The maximum absolute atomic E-state index is 8.73. The highest BCUT2D eigenvalue weighted by atomic mass is 16.6. The summed E-state index contributed by atoms with van der Waals surface area (Å²) in [5.41, 5.74) is 2.05. The normalized spacial score (nSPS) is 29.6. The molecule has 1 heterocycles. The lowest BCUT2D eigenvalue weighted by Gasteiger charge is -2.05. The zero-order valence-electron chi connectivity index (χ0n) is 8.45. The Morgan fingerprint density at radius 1 is 1.43 bits per heavy atom. The molecule has 2 nitrogen and oxygen atoms in total. The second-order valence-electron chi connectivity index (χ2n) is 3.78. The summed E-state index contributed by atoms with van der Waals surface area (Å²) < 4.78 is 5.35. The molecule has 0 amide bonds. The Kier molecular flexibility index (Phi) is 2.05. The summed E-state index contributed by atoms with van der Waals surface area (Å²) in [4.78, 5) is 0. The Labute approximate surface area is 84.1 Å². The van der Waals surface area contributed by atoms with Gasteiger partial charge in [-0.2, -0.15) is 5.26 Å². The van der Waals surface area contributed by atoms with E-state index in [1.807, 2.05) is 6.92 Å². The van der Waals surface area contributed by atoms with Gasteiger partial charge in [0.25, 0.3) is 0 Å². The van der Waals surface area contributed by atoms with E-state index in [1.165, 1.54) is 5.56 Å². The molecule has 1 aliphatic rings. The molecule has 1 fully saturated rings. The number of epoxide rings is 1. The lowest BCUT2D eigenvalue weighted by atomic mass is 9.96. The molecule has 1 saturated heterocycles. The Morgan fingerprint density at radius 2 is 2.07 bits per heavy atom. The molecule has 2 unspecified atom stereocenters. The monoisotopic (exact) mass is 187 g/mol. The van der Waals surface area contributed by atoms with Crippen LogP contribution in [0.4, 0.5) is 0 Å². The van der Waals surface area contributed by atoms with Gasteiger partial charge in [-0.3, -0.25) is 0 Å². The quantitative estimate of drug-likeness (QED) is 0.666. The molecule has 0 aliphatic carbocycles. The van der Waals surface area contributed by atoms with E-state index in [0.717, 1.165) is 12.0 Å². The average Bonchev–Trinajstić information content (AvgIpc) is 2.91. The van der Waals surface area contributed by atoms with Gasteiger partial charge in [-0.1, -0.05) is 31.2 Å². The van der Waals surface area contributed by atoms with E-state index in [0.29, 0.717) is 0 Å². The summed E-state index contributed by atoms with van der Waals surface area (Å²) in [5.74, 6) is 0. The van der Waals surface area contributed by atoms with E-state index in [2.05, 4.69) is 37.3 Å². The minimum absolute atomic E-state index is 0.269. The topological polar surface area (TPSA) is 36.3 Å². The van der Waals surface area contributed by atoms with Crippen LogP contribution < -0.4 is 0 Å². The van der Waals surface area contributed by atoms with E-state index in [-0.39, 0.29) is 11.7 Å². The smallest absolute Gasteiger partial charge is 0.178 e. The van der Waals surface area contributed by atoms with Crippen molar-refractivity contribution in [2.24, 2.45) is 0 Å². The van der Waals surface area contributed by atoms with Gasteiger partial charge in [0, 0.05) is 0 Å². The first-order valence-electron chi connectivity index (χ1n) is 4.87. The van der Waals surface area contributed by atoms with Crippen LogP contribution in [0.5, 0.6) is 0 Å². The molecule has 72 valence electrons. The fourth-order valence-electron chi connectivity index (χ4n) is 1.65.